The van der Waals surface area contributed by atoms with Gasteiger partial charge in [0, 0.05) is 13.1 Å². The van der Waals surface area contributed by atoms with Crippen LogP contribution in [0.25, 0.3) is 0 Å². The van der Waals surface area contributed by atoms with Crippen LogP contribution in [0.2, 0.25) is 10.0 Å². The van der Waals surface area contributed by atoms with Crippen LogP contribution in [0.3, 0.4) is 0 Å². The van der Waals surface area contributed by atoms with Crippen LogP contribution in [0.4, 0.5) is 5.82 Å². The quantitative estimate of drug-likeness (QED) is 0.845. The Labute approximate surface area is 155 Å². The average Bonchev–Trinajstić information content (AvgIpc) is 2.60. The minimum Gasteiger partial charge on any atom is -0.438 e. The average molecular weight is 383 g/mol. The van der Waals surface area contributed by atoms with Gasteiger partial charge in [0.2, 0.25) is 5.88 Å². The van der Waals surface area contributed by atoms with Crippen LogP contribution in [-0.4, -0.2) is 29.6 Å². The number of anilines is 1. The van der Waals surface area contributed by atoms with E-state index in [1.165, 1.54) is 6.20 Å². The summed E-state index contributed by atoms with van der Waals surface area (Å²) in [5.74, 6) is 0.960. The predicted molar refractivity (Wildman–Crippen MR) is 100 cm³/mol. The first-order valence-electron chi connectivity index (χ1n) is 8.08. The summed E-state index contributed by atoms with van der Waals surface area (Å²) in [5, 5.41) is 0.661. The Kier molecular flexibility index (Phi) is 5.22. The van der Waals surface area contributed by atoms with Crippen molar-refractivity contribution in [2.45, 2.75) is 19.8 Å². The summed E-state index contributed by atoms with van der Waals surface area (Å²) in [6, 6.07) is 5.04. The van der Waals surface area contributed by atoms with Gasteiger partial charge in [0.15, 0.2) is 5.82 Å². The molecule has 2 aromatic rings. The third kappa shape index (κ3) is 3.92. The molecule has 0 spiro atoms. The molecule has 134 valence electrons. The molecule has 1 aromatic heterocycles. The van der Waals surface area contributed by atoms with Gasteiger partial charge < -0.3 is 15.4 Å². The molecule has 1 aliphatic rings. The number of nitrogens with one attached hydrogen (secondary N) is 1. The minimum absolute atomic E-state index is 0.135. The molecule has 1 aromatic carbocycles. The van der Waals surface area contributed by atoms with Crippen LogP contribution in [0, 0.1) is 5.41 Å². The third-order valence-electron chi connectivity index (χ3n) is 4.64. The lowest BCUT2D eigenvalue weighted by atomic mass is 9.80. The topological polar surface area (TPSA) is 84.2 Å². The molecular formula is C17H20Cl2N4O2. The van der Waals surface area contributed by atoms with Gasteiger partial charge in [0.1, 0.15) is 10.8 Å². The summed E-state index contributed by atoms with van der Waals surface area (Å²) in [6.45, 7) is 4.33. The van der Waals surface area contributed by atoms with Crippen LogP contribution >= 0.6 is 23.2 Å². The van der Waals surface area contributed by atoms with E-state index in [4.69, 9.17) is 33.7 Å². The Morgan fingerprint density at radius 2 is 2.08 bits per heavy atom. The van der Waals surface area contributed by atoms with Crippen LogP contribution in [0.1, 0.15) is 19.8 Å². The molecule has 3 rings (SSSR count). The van der Waals surface area contributed by atoms with E-state index in [2.05, 4.69) is 16.9 Å². The number of aromatic nitrogens is 2. The van der Waals surface area contributed by atoms with Gasteiger partial charge in [-0.05, 0) is 36.9 Å². The van der Waals surface area contributed by atoms with Crippen LogP contribution in [-0.2, 0) is 0 Å². The van der Waals surface area contributed by atoms with Gasteiger partial charge in [0.25, 0.3) is 5.56 Å². The zero-order valence-corrected chi connectivity index (χ0v) is 15.4. The number of rotatable bonds is 4. The Morgan fingerprint density at radius 1 is 1.36 bits per heavy atom. The second kappa shape index (κ2) is 7.23. The molecule has 0 bridgehead atoms. The van der Waals surface area contributed by atoms with Crippen molar-refractivity contribution in [3.8, 4) is 11.6 Å². The number of hydrogen-bond acceptors (Lipinski definition) is 5. The van der Waals surface area contributed by atoms with E-state index < -0.39 is 0 Å². The first kappa shape index (κ1) is 18.0. The molecule has 8 heteroatoms. The summed E-state index contributed by atoms with van der Waals surface area (Å²) >= 11 is 12.0. The van der Waals surface area contributed by atoms with Crippen molar-refractivity contribution in [1.29, 1.82) is 0 Å². The van der Waals surface area contributed by atoms with Crippen LogP contribution < -0.4 is 20.9 Å². The monoisotopic (exact) mass is 382 g/mol. The van der Waals surface area contributed by atoms with Crippen molar-refractivity contribution in [2.24, 2.45) is 11.1 Å². The number of nitrogens with zero attached hydrogens (tertiary/aromatic N) is 2. The first-order chi connectivity index (χ1) is 11.9. The molecule has 1 saturated heterocycles. The molecule has 0 amide bonds. The number of halogens is 2. The van der Waals surface area contributed by atoms with Crippen molar-refractivity contribution in [1.82, 2.24) is 9.97 Å². The lowest BCUT2D eigenvalue weighted by molar-refractivity contribution is 0.257. The summed E-state index contributed by atoms with van der Waals surface area (Å²) in [5.41, 5.74) is 5.66. The fraction of sp³-hybridized carbons (Fsp3) is 0.412. The molecule has 2 heterocycles. The van der Waals surface area contributed by atoms with Gasteiger partial charge in [-0.25, -0.2) is 4.98 Å². The maximum Gasteiger partial charge on any atom is 0.293 e. The van der Waals surface area contributed by atoms with E-state index in [1.807, 2.05) is 4.90 Å². The molecule has 0 radical (unpaired) electrons. The second-order valence-corrected chi connectivity index (χ2v) is 7.34. The fourth-order valence-electron chi connectivity index (χ4n) is 2.80. The Bertz CT molecular complexity index is 817. The summed E-state index contributed by atoms with van der Waals surface area (Å²) < 4.78 is 5.59. The van der Waals surface area contributed by atoms with Crippen LogP contribution in [0.5, 0.6) is 11.6 Å². The van der Waals surface area contributed by atoms with Gasteiger partial charge in [-0.2, -0.15) is 0 Å². The number of H-pyrrole nitrogens is 1. The molecule has 0 aliphatic carbocycles. The predicted octanol–water partition coefficient (Wildman–Crippen LogP) is 3.43. The number of aromatic amines is 1. The molecule has 0 atom stereocenters. The Morgan fingerprint density at radius 3 is 2.72 bits per heavy atom. The zero-order chi connectivity index (χ0) is 18.0. The van der Waals surface area contributed by atoms with E-state index in [9.17, 15) is 4.79 Å². The standard InChI is InChI=1S/C17H20Cl2N4O2/c1-17(10-20)5-7-23(8-6-17)15-16(24)22-13(9-21-15)25-12-4-2-3-11(18)14(12)19/h2-4,9H,5-8,10,20H2,1H3,(H,22,24). The minimum atomic E-state index is -0.299. The summed E-state index contributed by atoms with van der Waals surface area (Å²) in [7, 11) is 0. The second-order valence-electron chi connectivity index (χ2n) is 6.56. The van der Waals surface area contributed by atoms with Gasteiger partial charge in [-0.15, -0.1) is 0 Å². The maximum absolute atomic E-state index is 12.4. The smallest absolute Gasteiger partial charge is 0.293 e. The van der Waals surface area contributed by atoms with Crippen molar-refractivity contribution >= 4 is 29.0 Å². The number of nitrogens with two attached hydrogens (primary N) is 1. The molecule has 25 heavy (non-hydrogen) atoms. The number of hydrogen-bond donors (Lipinski definition) is 2. The van der Waals surface area contributed by atoms with E-state index in [-0.39, 0.29) is 21.9 Å². The Balaban J connectivity index is 1.76. The summed E-state index contributed by atoms with van der Waals surface area (Å²) in [4.78, 5) is 21.3. The van der Waals surface area contributed by atoms with E-state index in [0.717, 1.165) is 25.9 Å². The van der Waals surface area contributed by atoms with Crippen LogP contribution in [0.15, 0.2) is 29.2 Å². The van der Waals surface area contributed by atoms with E-state index in [1.54, 1.807) is 18.2 Å². The lowest BCUT2D eigenvalue weighted by Gasteiger charge is -2.38. The number of piperidine rings is 1. The highest BCUT2D eigenvalue weighted by atomic mass is 35.5. The number of ether oxygens (including phenoxy) is 1. The van der Waals surface area contributed by atoms with Crippen molar-refractivity contribution in [2.75, 3.05) is 24.5 Å². The molecular weight excluding hydrogens is 363 g/mol. The highest BCUT2D eigenvalue weighted by molar-refractivity contribution is 6.42. The van der Waals surface area contributed by atoms with Gasteiger partial charge in [-0.3, -0.25) is 9.78 Å². The molecule has 3 N–H and O–H groups in total. The van der Waals surface area contributed by atoms with E-state index >= 15 is 0 Å². The van der Waals surface area contributed by atoms with Gasteiger partial charge >= 0.3 is 0 Å². The highest BCUT2D eigenvalue weighted by Gasteiger charge is 2.30. The van der Waals surface area contributed by atoms with Crippen molar-refractivity contribution in [3.63, 3.8) is 0 Å². The number of benzene rings is 1. The zero-order valence-electron chi connectivity index (χ0n) is 13.9. The largest absolute Gasteiger partial charge is 0.438 e. The van der Waals surface area contributed by atoms with Gasteiger partial charge in [-0.1, -0.05) is 36.2 Å². The molecule has 1 aliphatic heterocycles. The van der Waals surface area contributed by atoms with Gasteiger partial charge in [0.05, 0.1) is 11.2 Å². The normalized spacial score (nSPS) is 16.7. The molecule has 6 nitrogen and oxygen atoms in total. The first-order valence-corrected chi connectivity index (χ1v) is 8.84. The summed E-state index contributed by atoms with van der Waals surface area (Å²) in [6.07, 6.45) is 3.34. The van der Waals surface area contributed by atoms with Crippen molar-refractivity contribution in [3.05, 3.63) is 44.8 Å². The molecule has 0 unspecified atom stereocenters. The SMILES string of the molecule is CC1(CN)CCN(c2ncc(Oc3cccc(Cl)c3Cl)[nH]c2=O)CC1. The third-order valence-corrected chi connectivity index (χ3v) is 5.44. The highest BCUT2D eigenvalue weighted by Crippen LogP contribution is 2.34. The van der Waals surface area contributed by atoms with Crippen molar-refractivity contribution < 1.29 is 4.74 Å². The van der Waals surface area contributed by atoms with E-state index in [0.29, 0.717) is 23.1 Å². The fourth-order valence-corrected chi connectivity index (χ4v) is 3.13. The molecule has 0 saturated carbocycles. The molecule has 1 fully saturated rings. The Hall–Kier alpha value is -1.76. The lowest BCUT2D eigenvalue weighted by Crippen LogP contribution is -2.44. The maximum atomic E-state index is 12.4.